The molecule has 0 amide bonds. The number of rotatable bonds is 7. The molecule has 0 fully saturated rings. The molecule has 66 valence electrons. The van der Waals surface area contributed by atoms with Crippen LogP contribution in [0.3, 0.4) is 0 Å². The van der Waals surface area contributed by atoms with Crippen LogP contribution in [0.15, 0.2) is 0 Å². The normalized spacial score (nSPS) is 10.1. The van der Waals surface area contributed by atoms with Gasteiger partial charge in [0.2, 0.25) is 0 Å². The molecule has 11 heavy (non-hydrogen) atoms. The molecule has 0 atom stereocenters. The molecular weight excluding hydrogens is 237 g/mol. The van der Waals surface area contributed by atoms with Crippen molar-refractivity contribution < 1.29 is 0 Å². The Hall–Kier alpha value is 1.22. The second-order valence-corrected chi connectivity index (χ2v) is 12.4. The molecule has 0 heterocycles. The summed E-state index contributed by atoms with van der Waals surface area (Å²) < 4.78 is 0. The Morgan fingerprint density at radius 1 is 0.909 bits per heavy atom. The molecule has 0 rings (SSSR count). The van der Waals surface area contributed by atoms with Gasteiger partial charge in [0.1, 0.15) is 0 Å². The zero-order valence-electron chi connectivity index (χ0n) is 7.28. The quantitative estimate of drug-likeness (QED) is 0.469. The van der Waals surface area contributed by atoms with E-state index in [-0.39, 0.29) is 0 Å². The first kappa shape index (κ1) is 12.2. The van der Waals surface area contributed by atoms with Gasteiger partial charge in [-0.15, -0.1) is 0 Å². The Kier molecular flexibility index (Phi) is 10.3. The van der Waals surface area contributed by atoms with Crippen molar-refractivity contribution in [3.8, 4) is 0 Å². The average Bonchev–Trinajstić information content (AvgIpc) is 1.96. The van der Waals surface area contributed by atoms with E-state index in [9.17, 15) is 0 Å². The van der Waals surface area contributed by atoms with Crippen LogP contribution in [0.1, 0.15) is 45.4 Å². The zero-order valence-corrected chi connectivity index (χ0v) is 11.2. The molecule has 0 spiro atoms. The van der Waals surface area contributed by atoms with Gasteiger partial charge in [-0.05, 0) is 0 Å². The van der Waals surface area contributed by atoms with Crippen molar-refractivity contribution in [2.24, 2.45) is 0 Å². The van der Waals surface area contributed by atoms with Gasteiger partial charge in [0.25, 0.3) is 0 Å². The predicted octanol–water partition coefficient (Wildman–Crippen LogP) is 4.31. The van der Waals surface area contributed by atoms with Crippen molar-refractivity contribution in [1.82, 2.24) is 0 Å². The van der Waals surface area contributed by atoms with E-state index < -0.39 is 14.2 Å². The summed E-state index contributed by atoms with van der Waals surface area (Å²) in [6, 6.07) is 0. The molecule has 0 bridgehead atoms. The van der Waals surface area contributed by atoms with Gasteiger partial charge >= 0.3 is 83.9 Å². The third-order valence-corrected chi connectivity index (χ3v) is 5.82. The Morgan fingerprint density at radius 3 is 2.00 bits per heavy atom. The third-order valence-electron chi connectivity index (χ3n) is 1.78. The van der Waals surface area contributed by atoms with Crippen molar-refractivity contribution in [1.29, 1.82) is 0 Å². The number of hydrogen-bond acceptors (Lipinski definition) is 0. The molecule has 0 nitrogen and oxygen atoms in total. The summed E-state index contributed by atoms with van der Waals surface area (Å²) in [5.41, 5.74) is 0. The molecule has 0 aromatic heterocycles. The predicted molar refractivity (Wildman–Crippen MR) is 55.6 cm³/mol. The van der Waals surface area contributed by atoms with Gasteiger partial charge in [-0.3, -0.25) is 0 Å². The van der Waals surface area contributed by atoms with E-state index in [1.54, 1.807) is 0 Å². The number of unbranched alkanes of at least 4 members (excludes halogenated alkanes) is 5. The van der Waals surface area contributed by atoms with Gasteiger partial charge < -0.3 is 0 Å². The molecule has 0 saturated heterocycles. The van der Waals surface area contributed by atoms with Crippen LogP contribution in [-0.4, -0.2) is 14.2 Å². The van der Waals surface area contributed by atoms with E-state index in [1.807, 2.05) is 0 Å². The molecule has 0 aromatic carbocycles. The first-order valence-corrected chi connectivity index (χ1v) is 12.6. The maximum absolute atomic E-state index is 5.77. The molecule has 0 aliphatic heterocycles. The minimum absolute atomic E-state index is 1.14. The van der Waals surface area contributed by atoms with E-state index >= 15 is 0 Å². The van der Waals surface area contributed by atoms with Crippen molar-refractivity contribution >= 4 is 33.5 Å². The molecule has 0 radical (unpaired) electrons. The Bertz CT molecular complexity index is 76.5. The van der Waals surface area contributed by atoms with Crippen LogP contribution in [0, 0.1) is 0 Å². The van der Waals surface area contributed by atoms with Crippen LogP contribution in [-0.2, 0) is 0 Å². The molecule has 3 heteroatoms. The first-order valence-electron chi connectivity index (χ1n) is 4.55. The van der Waals surface area contributed by atoms with Gasteiger partial charge in [0, 0.05) is 0 Å². The molecule has 0 aromatic rings. The van der Waals surface area contributed by atoms with Crippen molar-refractivity contribution in [2.75, 3.05) is 0 Å². The second-order valence-electron chi connectivity index (χ2n) is 2.95. The summed E-state index contributed by atoms with van der Waals surface area (Å²) in [4.78, 5) is 1.14. The van der Waals surface area contributed by atoms with Gasteiger partial charge in [0.05, 0.1) is 0 Å². The monoisotopic (exact) mass is 252 g/mol. The van der Waals surface area contributed by atoms with E-state index in [4.69, 9.17) is 19.3 Å². The van der Waals surface area contributed by atoms with E-state index in [1.165, 1.54) is 38.5 Å². The second kappa shape index (κ2) is 9.31. The summed E-state index contributed by atoms with van der Waals surface area (Å²) in [5, 5.41) is 0. The van der Waals surface area contributed by atoms with Crippen molar-refractivity contribution in [3.05, 3.63) is 0 Å². The van der Waals surface area contributed by atoms with Gasteiger partial charge in [-0.25, -0.2) is 0 Å². The first-order chi connectivity index (χ1) is 5.27. The van der Waals surface area contributed by atoms with Crippen LogP contribution in [0.2, 0.25) is 4.98 Å². The molecule has 0 unspecified atom stereocenters. The van der Waals surface area contributed by atoms with E-state index in [2.05, 4.69) is 6.92 Å². The molecular formula is C8H17Cl2Ga. The molecule has 0 N–H and O–H groups in total. The van der Waals surface area contributed by atoms with Crippen molar-refractivity contribution in [3.63, 3.8) is 0 Å². The fourth-order valence-electron chi connectivity index (χ4n) is 1.08. The van der Waals surface area contributed by atoms with E-state index in [0.29, 0.717) is 0 Å². The van der Waals surface area contributed by atoms with Gasteiger partial charge in [-0.2, -0.15) is 0 Å². The average molecular weight is 254 g/mol. The minimum atomic E-state index is -1.68. The summed E-state index contributed by atoms with van der Waals surface area (Å²) in [7, 11) is 11.5. The standard InChI is InChI=1S/C8H17.2ClH.Ga/c1-3-5-7-8-6-4-2;;;/h1,3-8H2,2H3;2*1H;/q;;;+2/p-2. The van der Waals surface area contributed by atoms with Gasteiger partial charge in [0.15, 0.2) is 0 Å². The number of hydrogen-bond donors (Lipinski definition) is 0. The number of halogens is 2. The summed E-state index contributed by atoms with van der Waals surface area (Å²) in [6.07, 6.45) is 8.07. The third kappa shape index (κ3) is 11.2. The van der Waals surface area contributed by atoms with Gasteiger partial charge in [-0.1, -0.05) is 0 Å². The fourth-order valence-corrected chi connectivity index (χ4v) is 3.94. The van der Waals surface area contributed by atoms with Crippen LogP contribution in [0.4, 0.5) is 0 Å². The Balaban J connectivity index is 2.80. The topological polar surface area (TPSA) is 0 Å². The Labute approximate surface area is 83.7 Å². The Morgan fingerprint density at radius 2 is 1.45 bits per heavy atom. The molecule has 0 aliphatic carbocycles. The van der Waals surface area contributed by atoms with Crippen LogP contribution < -0.4 is 0 Å². The summed E-state index contributed by atoms with van der Waals surface area (Å²) >= 11 is -1.68. The SMILES string of the molecule is CCCCCCC[CH2][Ga]([Cl])[Cl]. The fraction of sp³-hybridized carbons (Fsp3) is 1.00. The van der Waals surface area contributed by atoms with E-state index in [0.717, 1.165) is 4.98 Å². The molecule has 0 aliphatic rings. The molecule has 0 saturated carbocycles. The van der Waals surface area contributed by atoms with Crippen LogP contribution >= 0.6 is 19.3 Å². The summed E-state index contributed by atoms with van der Waals surface area (Å²) in [6.45, 7) is 2.24. The van der Waals surface area contributed by atoms with Crippen molar-refractivity contribution in [2.45, 2.75) is 50.4 Å². The summed E-state index contributed by atoms with van der Waals surface area (Å²) in [5.74, 6) is 0. The maximum atomic E-state index is 5.77. The van der Waals surface area contributed by atoms with Crippen LogP contribution in [0.25, 0.3) is 0 Å². The zero-order chi connectivity index (χ0) is 8.53. The van der Waals surface area contributed by atoms with Crippen LogP contribution in [0.5, 0.6) is 0 Å².